The van der Waals surface area contributed by atoms with Crippen LogP contribution in [0.4, 0.5) is 0 Å². The standard InChI is InChI=1S/C16H21NS/c1-3-9-17-16(15-10-13(2)18-12-15)11-14-7-5-4-6-8-14/h4-8,10,12,16-17H,3,9,11H2,1-2H3. The fourth-order valence-electron chi connectivity index (χ4n) is 2.12. The summed E-state index contributed by atoms with van der Waals surface area (Å²) in [5.41, 5.74) is 2.82. The van der Waals surface area contributed by atoms with Crippen molar-refractivity contribution in [3.8, 4) is 0 Å². The zero-order chi connectivity index (χ0) is 12.8. The first-order valence-electron chi connectivity index (χ1n) is 6.62. The average Bonchev–Trinajstić information content (AvgIpc) is 2.82. The number of aryl methyl sites for hydroxylation is 1. The van der Waals surface area contributed by atoms with Gasteiger partial charge in [0.1, 0.15) is 0 Å². The molecule has 1 aromatic carbocycles. The quantitative estimate of drug-likeness (QED) is 0.813. The third-order valence-corrected chi connectivity index (χ3v) is 3.96. The van der Waals surface area contributed by atoms with Gasteiger partial charge in [-0.25, -0.2) is 0 Å². The van der Waals surface area contributed by atoms with E-state index in [-0.39, 0.29) is 0 Å². The zero-order valence-corrected chi connectivity index (χ0v) is 12.0. The molecule has 2 rings (SSSR count). The highest BCUT2D eigenvalue weighted by atomic mass is 32.1. The van der Waals surface area contributed by atoms with Gasteiger partial charge < -0.3 is 5.32 Å². The lowest BCUT2D eigenvalue weighted by molar-refractivity contribution is 0.530. The van der Waals surface area contributed by atoms with Gasteiger partial charge >= 0.3 is 0 Å². The van der Waals surface area contributed by atoms with E-state index in [2.05, 4.69) is 60.9 Å². The Labute approximate surface area is 114 Å². The molecule has 1 nitrogen and oxygen atoms in total. The molecule has 1 N–H and O–H groups in total. The van der Waals surface area contributed by atoms with Crippen molar-refractivity contribution in [3.05, 3.63) is 57.8 Å². The minimum absolute atomic E-state index is 0.442. The largest absolute Gasteiger partial charge is 0.310 e. The molecule has 0 fully saturated rings. The maximum absolute atomic E-state index is 3.65. The van der Waals surface area contributed by atoms with Crippen LogP contribution in [0, 0.1) is 6.92 Å². The number of benzene rings is 1. The Balaban J connectivity index is 2.10. The second-order valence-corrected chi connectivity index (χ2v) is 5.80. The third-order valence-electron chi connectivity index (χ3n) is 3.08. The van der Waals surface area contributed by atoms with E-state index in [4.69, 9.17) is 0 Å². The summed E-state index contributed by atoms with van der Waals surface area (Å²) in [6.45, 7) is 5.46. The fourth-order valence-corrected chi connectivity index (χ4v) is 2.88. The van der Waals surface area contributed by atoms with E-state index < -0.39 is 0 Å². The van der Waals surface area contributed by atoms with Crippen molar-refractivity contribution in [2.75, 3.05) is 6.54 Å². The van der Waals surface area contributed by atoms with Gasteiger partial charge in [0.15, 0.2) is 0 Å². The Morgan fingerprint density at radius 1 is 1.22 bits per heavy atom. The van der Waals surface area contributed by atoms with Crippen LogP contribution in [0.5, 0.6) is 0 Å². The van der Waals surface area contributed by atoms with Crippen molar-refractivity contribution in [2.24, 2.45) is 0 Å². The molecule has 2 aromatic rings. The van der Waals surface area contributed by atoms with E-state index in [1.807, 2.05) is 11.3 Å². The Kier molecular flexibility index (Phi) is 4.97. The molecule has 0 saturated carbocycles. The summed E-state index contributed by atoms with van der Waals surface area (Å²) in [7, 11) is 0. The summed E-state index contributed by atoms with van der Waals surface area (Å²) < 4.78 is 0. The summed E-state index contributed by atoms with van der Waals surface area (Å²) in [6, 6.07) is 13.5. The first-order chi connectivity index (χ1) is 8.79. The second-order valence-electron chi connectivity index (χ2n) is 4.69. The molecule has 0 saturated heterocycles. The molecule has 1 heterocycles. The van der Waals surface area contributed by atoms with Crippen molar-refractivity contribution < 1.29 is 0 Å². The van der Waals surface area contributed by atoms with Crippen LogP contribution < -0.4 is 5.32 Å². The van der Waals surface area contributed by atoms with Crippen LogP contribution in [0.2, 0.25) is 0 Å². The van der Waals surface area contributed by atoms with Crippen molar-refractivity contribution in [1.82, 2.24) is 5.32 Å². The molecule has 0 amide bonds. The van der Waals surface area contributed by atoms with Gasteiger partial charge in [0, 0.05) is 10.9 Å². The predicted molar refractivity (Wildman–Crippen MR) is 80.2 cm³/mol. The van der Waals surface area contributed by atoms with E-state index in [1.54, 1.807) is 0 Å². The Hall–Kier alpha value is -1.12. The number of rotatable bonds is 6. The van der Waals surface area contributed by atoms with Crippen LogP contribution in [0.25, 0.3) is 0 Å². The Morgan fingerprint density at radius 3 is 2.61 bits per heavy atom. The van der Waals surface area contributed by atoms with Crippen molar-refractivity contribution in [2.45, 2.75) is 32.7 Å². The summed E-state index contributed by atoms with van der Waals surface area (Å²) in [5, 5.41) is 5.94. The molecule has 0 aliphatic heterocycles. The van der Waals surface area contributed by atoms with Gasteiger partial charge in [-0.2, -0.15) is 0 Å². The van der Waals surface area contributed by atoms with Crippen LogP contribution in [-0.4, -0.2) is 6.54 Å². The van der Waals surface area contributed by atoms with Crippen LogP contribution >= 0.6 is 11.3 Å². The van der Waals surface area contributed by atoms with Gasteiger partial charge in [-0.1, -0.05) is 37.3 Å². The maximum atomic E-state index is 3.65. The van der Waals surface area contributed by atoms with Gasteiger partial charge in [-0.15, -0.1) is 11.3 Å². The normalized spacial score (nSPS) is 12.6. The van der Waals surface area contributed by atoms with Crippen molar-refractivity contribution >= 4 is 11.3 Å². The summed E-state index contributed by atoms with van der Waals surface area (Å²) in [5.74, 6) is 0. The highest BCUT2D eigenvalue weighted by molar-refractivity contribution is 7.10. The number of thiophene rings is 1. The zero-order valence-electron chi connectivity index (χ0n) is 11.1. The molecule has 0 bridgehead atoms. The molecular weight excluding hydrogens is 238 g/mol. The smallest absolute Gasteiger partial charge is 0.0369 e. The SMILES string of the molecule is CCCNC(Cc1ccccc1)c1csc(C)c1. The van der Waals surface area contributed by atoms with Gasteiger partial charge in [0.05, 0.1) is 0 Å². The summed E-state index contributed by atoms with van der Waals surface area (Å²) in [6.07, 6.45) is 2.24. The highest BCUT2D eigenvalue weighted by Gasteiger charge is 2.12. The molecule has 0 spiro atoms. The topological polar surface area (TPSA) is 12.0 Å². The molecule has 1 unspecified atom stereocenters. The van der Waals surface area contributed by atoms with E-state index in [0.717, 1.165) is 13.0 Å². The highest BCUT2D eigenvalue weighted by Crippen LogP contribution is 2.23. The van der Waals surface area contributed by atoms with E-state index in [9.17, 15) is 0 Å². The molecular formula is C16H21NS. The minimum atomic E-state index is 0.442. The maximum Gasteiger partial charge on any atom is 0.0369 e. The van der Waals surface area contributed by atoms with Crippen LogP contribution in [0.3, 0.4) is 0 Å². The number of hydrogen-bond acceptors (Lipinski definition) is 2. The molecule has 0 aliphatic rings. The van der Waals surface area contributed by atoms with Crippen LogP contribution in [0.15, 0.2) is 41.8 Å². The Bertz CT molecular complexity index is 461. The Morgan fingerprint density at radius 2 is 2.00 bits per heavy atom. The molecule has 1 aromatic heterocycles. The first-order valence-corrected chi connectivity index (χ1v) is 7.50. The lowest BCUT2D eigenvalue weighted by Crippen LogP contribution is -2.23. The third kappa shape index (κ3) is 3.69. The fraction of sp³-hybridized carbons (Fsp3) is 0.375. The lowest BCUT2D eigenvalue weighted by atomic mass is 10.0. The minimum Gasteiger partial charge on any atom is -0.310 e. The second kappa shape index (κ2) is 6.72. The molecule has 0 aliphatic carbocycles. The average molecular weight is 259 g/mol. The van der Waals surface area contributed by atoms with E-state index >= 15 is 0 Å². The number of nitrogens with one attached hydrogen (secondary N) is 1. The predicted octanol–water partition coefficient (Wildman–Crippen LogP) is 4.34. The van der Waals surface area contributed by atoms with Gasteiger partial charge in [-0.05, 0) is 48.9 Å². The van der Waals surface area contributed by atoms with Crippen LogP contribution in [-0.2, 0) is 6.42 Å². The molecule has 1 atom stereocenters. The van der Waals surface area contributed by atoms with Crippen molar-refractivity contribution in [1.29, 1.82) is 0 Å². The van der Waals surface area contributed by atoms with Gasteiger partial charge in [0.25, 0.3) is 0 Å². The first kappa shape index (κ1) is 13.3. The number of hydrogen-bond donors (Lipinski definition) is 1. The molecule has 2 heteroatoms. The monoisotopic (exact) mass is 259 g/mol. The van der Waals surface area contributed by atoms with Gasteiger partial charge in [-0.3, -0.25) is 0 Å². The van der Waals surface area contributed by atoms with Crippen molar-refractivity contribution in [3.63, 3.8) is 0 Å². The summed E-state index contributed by atoms with van der Waals surface area (Å²) >= 11 is 1.84. The van der Waals surface area contributed by atoms with Gasteiger partial charge in [0.2, 0.25) is 0 Å². The van der Waals surface area contributed by atoms with Crippen LogP contribution in [0.1, 0.15) is 35.4 Å². The lowest BCUT2D eigenvalue weighted by Gasteiger charge is -2.17. The molecule has 0 radical (unpaired) electrons. The summed E-state index contributed by atoms with van der Waals surface area (Å²) in [4.78, 5) is 1.39. The van der Waals surface area contributed by atoms with E-state index in [1.165, 1.54) is 22.4 Å². The molecule has 96 valence electrons. The van der Waals surface area contributed by atoms with E-state index in [0.29, 0.717) is 6.04 Å². The molecule has 18 heavy (non-hydrogen) atoms.